The summed E-state index contributed by atoms with van der Waals surface area (Å²) in [5, 5.41) is 15.9. The summed E-state index contributed by atoms with van der Waals surface area (Å²) in [5.74, 6) is -0.428. The largest absolute Gasteiger partial charge is 0.381 e. The van der Waals surface area contributed by atoms with E-state index in [9.17, 15) is 19.3 Å². The Labute approximate surface area is 156 Å². The van der Waals surface area contributed by atoms with Crippen molar-refractivity contribution in [1.29, 1.82) is 0 Å². The lowest BCUT2D eigenvalue weighted by atomic mass is 9.97. The Kier molecular flexibility index (Phi) is 6.54. The number of ether oxygens (including phenoxy) is 2. The van der Waals surface area contributed by atoms with Crippen LogP contribution in [0.15, 0.2) is 18.2 Å². The summed E-state index contributed by atoms with van der Waals surface area (Å²) >= 11 is 0. The van der Waals surface area contributed by atoms with Gasteiger partial charge in [0.15, 0.2) is 0 Å². The second-order valence-electron chi connectivity index (χ2n) is 6.60. The minimum absolute atomic E-state index is 0.0945. The lowest BCUT2D eigenvalue weighted by Crippen LogP contribution is -2.52. The number of amides is 2. The van der Waals surface area contributed by atoms with Crippen LogP contribution in [0.2, 0.25) is 0 Å². The van der Waals surface area contributed by atoms with E-state index in [1.165, 1.54) is 0 Å². The summed E-state index contributed by atoms with van der Waals surface area (Å²) in [5.41, 5.74) is -0.519. The quantitative estimate of drug-likeness (QED) is 0.572. The Morgan fingerprint density at radius 2 is 2.11 bits per heavy atom. The number of benzene rings is 1. The topological polar surface area (TPSA) is 106 Å². The fourth-order valence-electron chi connectivity index (χ4n) is 3.45. The van der Waals surface area contributed by atoms with E-state index >= 15 is 0 Å². The van der Waals surface area contributed by atoms with Crippen LogP contribution in [0.1, 0.15) is 6.42 Å². The van der Waals surface area contributed by atoms with Crippen molar-refractivity contribution in [3.8, 4) is 0 Å². The highest BCUT2D eigenvalue weighted by Gasteiger charge is 2.31. The number of rotatable bonds is 6. The number of carbonyl (C=O) groups excluding carboxylic acids is 1. The fraction of sp³-hybridized carbons (Fsp3) is 0.588. The van der Waals surface area contributed by atoms with Crippen molar-refractivity contribution in [2.75, 3.05) is 51.4 Å². The number of anilines is 1. The molecule has 2 aliphatic heterocycles. The van der Waals surface area contributed by atoms with Gasteiger partial charge >= 0.3 is 6.03 Å². The van der Waals surface area contributed by atoms with Gasteiger partial charge in [-0.25, -0.2) is 9.18 Å². The van der Waals surface area contributed by atoms with Crippen LogP contribution in [-0.4, -0.2) is 68.0 Å². The van der Waals surface area contributed by atoms with Crippen LogP contribution in [0, 0.1) is 21.8 Å². The molecular formula is C17H23FN4O5. The minimum atomic E-state index is -0.732. The van der Waals surface area contributed by atoms with E-state index in [-0.39, 0.29) is 17.4 Å². The van der Waals surface area contributed by atoms with Crippen molar-refractivity contribution in [2.45, 2.75) is 12.5 Å². The average molecular weight is 382 g/mol. The summed E-state index contributed by atoms with van der Waals surface area (Å²) in [6, 6.07) is 2.50. The fourth-order valence-corrected chi connectivity index (χ4v) is 3.45. The summed E-state index contributed by atoms with van der Waals surface area (Å²) < 4.78 is 24.7. The first-order valence-electron chi connectivity index (χ1n) is 8.93. The van der Waals surface area contributed by atoms with E-state index in [1.807, 2.05) is 0 Å². The van der Waals surface area contributed by atoms with Crippen LogP contribution >= 0.6 is 0 Å². The zero-order valence-electron chi connectivity index (χ0n) is 14.9. The van der Waals surface area contributed by atoms with Crippen LogP contribution in [0.5, 0.6) is 0 Å². The SMILES string of the molecule is O=C(NCC(C1CCOC1)N1CCOCC1)Nc1cc([N+](=O)[O-])ccc1F. The first kappa shape index (κ1) is 19.5. The van der Waals surface area contributed by atoms with Crippen LogP contribution in [0.25, 0.3) is 0 Å². The molecule has 0 bridgehead atoms. The molecule has 0 radical (unpaired) electrons. The Bertz CT molecular complexity index is 677. The van der Waals surface area contributed by atoms with Crippen LogP contribution in [0.3, 0.4) is 0 Å². The molecule has 148 valence electrons. The lowest BCUT2D eigenvalue weighted by Gasteiger charge is -2.37. The molecule has 2 amide bonds. The second kappa shape index (κ2) is 9.07. The van der Waals surface area contributed by atoms with Crippen molar-refractivity contribution in [3.63, 3.8) is 0 Å². The monoisotopic (exact) mass is 382 g/mol. The molecule has 2 saturated heterocycles. The molecule has 0 saturated carbocycles. The number of urea groups is 1. The van der Waals surface area contributed by atoms with Crippen molar-refractivity contribution in [1.82, 2.24) is 10.2 Å². The Morgan fingerprint density at radius 1 is 1.33 bits per heavy atom. The average Bonchev–Trinajstić information content (AvgIpc) is 3.19. The maximum Gasteiger partial charge on any atom is 0.319 e. The third-order valence-electron chi connectivity index (χ3n) is 4.90. The Hall–Kier alpha value is -2.30. The molecule has 2 heterocycles. The molecule has 2 fully saturated rings. The summed E-state index contributed by atoms with van der Waals surface area (Å²) in [6.07, 6.45) is 0.921. The van der Waals surface area contributed by atoms with Crippen molar-refractivity contribution < 1.29 is 23.6 Å². The predicted molar refractivity (Wildman–Crippen MR) is 95.2 cm³/mol. The number of hydrogen-bond acceptors (Lipinski definition) is 6. The number of hydrogen-bond donors (Lipinski definition) is 2. The van der Waals surface area contributed by atoms with E-state index in [2.05, 4.69) is 15.5 Å². The first-order chi connectivity index (χ1) is 13.0. The molecule has 0 aromatic heterocycles. The molecule has 10 heteroatoms. The number of nitrogens with one attached hydrogen (secondary N) is 2. The number of carbonyl (C=O) groups is 1. The van der Waals surface area contributed by atoms with E-state index in [1.54, 1.807) is 0 Å². The molecule has 0 spiro atoms. The van der Waals surface area contributed by atoms with E-state index in [0.29, 0.717) is 38.9 Å². The third kappa shape index (κ3) is 5.12. The van der Waals surface area contributed by atoms with Gasteiger partial charge in [-0.1, -0.05) is 0 Å². The molecular weight excluding hydrogens is 359 g/mol. The minimum Gasteiger partial charge on any atom is -0.381 e. The highest BCUT2D eigenvalue weighted by molar-refractivity contribution is 5.89. The highest BCUT2D eigenvalue weighted by Crippen LogP contribution is 2.23. The number of nitrogens with zero attached hydrogens (tertiary/aromatic N) is 2. The van der Waals surface area contributed by atoms with Crippen LogP contribution < -0.4 is 10.6 Å². The lowest BCUT2D eigenvalue weighted by molar-refractivity contribution is -0.384. The molecule has 2 aliphatic rings. The van der Waals surface area contributed by atoms with Gasteiger partial charge in [0.05, 0.1) is 30.4 Å². The third-order valence-corrected chi connectivity index (χ3v) is 4.90. The second-order valence-corrected chi connectivity index (χ2v) is 6.60. The number of nitro benzene ring substituents is 1. The number of non-ortho nitro benzene ring substituents is 1. The summed E-state index contributed by atoms with van der Waals surface area (Å²) in [6.45, 7) is 4.58. The highest BCUT2D eigenvalue weighted by atomic mass is 19.1. The molecule has 2 unspecified atom stereocenters. The number of halogens is 1. The van der Waals surface area contributed by atoms with Crippen LogP contribution in [-0.2, 0) is 9.47 Å². The molecule has 9 nitrogen and oxygen atoms in total. The van der Waals surface area contributed by atoms with E-state index in [0.717, 1.165) is 37.7 Å². The Balaban J connectivity index is 1.60. The molecule has 1 aromatic rings. The molecule has 0 aliphatic carbocycles. The van der Waals surface area contributed by atoms with Gasteiger partial charge in [-0.15, -0.1) is 0 Å². The molecule has 1 aromatic carbocycles. The maximum absolute atomic E-state index is 13.8. The zero-order valence-corrected chi connectivity index (χ0v) is 14.9. The first-order valence-corrected chi connectivity index (χ1v) is 8.93. The van der Waals surface area contributed by atoms with Gasteiger partial charge in [0.1, 0.15) is 5.82 Å². The smallest absolute Gasteiger partial charge is 0.319 e. The van der Waals surface area contributed by atoms with Gasteiger partial charge in [0, 0.05) is 50.3 Å². The standard InChI is InChI=1S/C17H23FN4O5/c18-14-2-1-13(22(24)25)9-15(14)20-17(23)19-10-16(12-3-6-27-11-12)21-4-7-26-8-5-21/h1-2,9,12,16H,3-8,10-11H2,(H2,19,20,23). The number of nitro groups is 1. The van der Waals surface area contributed by atoms with Crippen molar-refractivity contribution >= 4 is 17.4 Å². The van der Waals surface area contributed by atoms with Crippen molar-refractivity contribution in [3.05, 3.63) is 34.1 Å². The molecule has 27 heavy (non-hydrogen) atoms. The van der Waals surface area contributed by atoms with Crippen molar-refractivity contribution in [2.24, 2.45) is 5.92 Å². The van der Waals surface area contributed by atoms with Crippen LogP contribution in [0.4, 0.5) is 20.6 Å². The van der Waals surface area contributed by atoms with Gasteiger partial charge in [-0.3, -0.25) is 15.0 Å². The molecule has 2 N–H and O–H groups in total. The zero-order chi connectivity index (χ0) is 19.2. The Morgan fingerprint density at radius 3 is 2.78 bits per heavy atom. The number of morpholine rings is 1. The normalized spacial score (nSPS) is 21.6. The maximum atomic E-state index is 13.8. The summed E-state index contributed by atoms with van der Waals surface area (Å²) in [7, 11) is 0. The van der Waals surface area contributed by atoms with Gasteiger partial charge < -0.3 is 20.1 Å². The molecule has 3 rings (SSSR count). The molecule has 2 atom stereocenters. The van der Waals surface area contributed by atoms with Gasteiger partial charge in [0.25, 0.3) is 5.69 Å². The van der Waals surface area contributed by atoms with Gasteiger partial charge in [-0.05, 0) is 12.5 Å². The van der Waals surface area contributed by atoms with E-state index < -0.39 is 16.8 Å². The van der Waals surface area contributed by atoms with E-state index in [4.69, 9.17) is 9.47 Å². The summed E-state index contributed by atoms with van der Waals surface area (Å²) in [4.78, 5) is 24.7. The van der Waals surface area contributed by atoms with Gasteiger partial charge in [-0.2, -0.15) is 0 Å². The van der Waals surface area contributed by atoms with Gasteiger partial charge in [0.2, 0.25) is 0 Å². The predicted octanol–water partition coefficient (Wildman–Crippen LogP) is 1.59.